The van der Waals surface area contributed by atoms with Crippen molar-refractivity contribution < 1.29 is 10.0 Å². The minimum atomic E-state index is -0.738. The number of nitrogens with zero attached hydrogens (tertiary/aromatic N) is 1. The predicted molar refractivity (Wildman–Crippen MR) is 51.5 cm³/mol. The van der Waals surface area contributed by atoms with E-state index in [4.69, 9.17) is 5.73 Å². The quantitative estimate of drug-likeness (QED) is 0.652. The molecule has 0 aromatic heterocycles. The molecule has 0 aromatic carbocycles. The molecular formula is C9H16N3O2. The number of amides is 2. The van der Waals surface area contributed by atoms with Gasteiger partial charge in [0.1, 0.15) is 0 Å². The zero-order valence-electron chi connectivity index (χ0n) is 8.92. The highest BCUT2D eigenvalue weighted by atomic mass is 16.5. The summed E-state index contributed by atoms with van der Waals surface area (Å²) in [5.74, 6) is 0. The van der Waals surface area contributed by atoms with Gasteiger partial charge in [0.15, 0.2) is 0 Å². The van der Waals surface area contributed by atoms with Gasteiger partial charge in [0.05, 0.1) is 11.1 Å². The normalized spacial score (nSPS) is 24.5. The molecule has 0 fully saturated rings. The summed E-state index contributed by atoms with van der Waals surface area (Å²) in [7, 11) is 0. The van der Waals surface area contributed by atoms with E-state index >= 15 is 0 Å². The van der Waals surface area contributed by atoms with Gasteiger partial charge >= 0.3 is 6.03 Å². The van der Waals surface area contributed by atoms with Crippen LogP contribution in [0.4, 0.5) is 4.79 Å². The Kier molecular flexibility index (Phi) is 2.33. The van der Waals surface area contributed by atoms with E-state index in [1.165, 1.54) is 0 Å². The zero-order valence-corrected chi connectivity index (χ0v) is 8.92. The molecule has 1 radical (unpaired) electrons. The van der Waals surface area contributed by atoms with E-state index in [-0.39, 0.29) is 0 Å². The number of primary amides is 1. The number of carbonyl (C=O) groups is 1. The van der Waals surface area contributed by atoms with Gasteiger partial charge in [-0.3, -0.25) is 0 Å². The molecule has 0 unspecified atom stereocenters. The fraction of sp³-hybridized carbons (Fsp3) is 0.667. The number of urea groups is 1. The van der Waals surface area contributed by atoms with Crippen LogP contribution in [0.15, 0.2) is 11.8 Å². The summed E-state index contributed by atoms with van der Waals surface area (Å²) in [6, 6.07) is -0.643. The first kappa shape index (κ1) is 11.0. The van der Waals surface area contributed by atoms with Gasteiger partial charge in [-0.25, -0.2) is 4.79 Å². The number of carbonyl (C=O) groups excluding carboxylic acids is 1. The summed E-state index contributed by atoms with van der Waals surface area (Å²) in [5, 5.41) is 15.2. The summed E-state index contributed by atoms with van der Waals surface area (Å²) in [6.07, 6.45) is 1.73. The molecule has 1 heterocycles. The van der Waals surface area contributed by atoms with Crippen molar-refractivity contribution >= 4 is 6.03 Å². The van der Waals surface area contributed by atoms with Crippen LogP contribution in [-0.4, -0.2) is 22.2 Å². The zero-order chi connectivity index (χ0) is 11.1. The highest BCUT2D eigenvalue weighted by molar-refractivity contribution is 5.74. The van der Waals surface area contributed by atoms with Crippen LogP contribution in [0.1, 0.15) is 27.7 Å². The van der Waals surface area contributed by atoms with Crippen molar-refractivity contribution in [3.63, 3.8) is 0 Å². The maximum Gasteiger partial charge on any atom is 0.316 e. The Morgan fingerprint density at radius 2 is 1.93 bits per heavy atom. The largest absolute Gasteiger partial charge is 0.351 e. The first-order chi connectivity index (χ1) is 6.18. The van der Waals surface area contributed by atoms with Crippen LogP contribution in [0.2, 0.25) is 0 Å². The van der Waals surface area contributed by atoms with Crippen LogP contribution in [0, 0.1) is 0 Å². The lowest BCUT2D eigenvalue weighted by molar-refractivity contribution is -0.239. The number of hydrogen-bond donors (Lipinski definition) is 2. The molecule has 0 saturated carbocycles. The van der Waals surface area contributed by atoms with E-state index < -0.39 is 17.1 Å². The van der Waals surface area contributed by atoms with Crippen molar-refractivity contribution in [3.8, 4) is 0 Å². The molecule has 5 nitrogen and oxygen atoms in total. The van der Waals surface area contributed by atoms with Crippen LogP contribution < -0.4 is 11.1 Å². The molecule has 0 spiro atoms. The molecule has 0 aromatic rings. The molecule has 79 valence electrons. The fourth-order valence-electron chi connectivity index (χ4n) is 1.74. The third-order valence-electron chi connectivity index (χ3n) is 2.45. The molecule has 0 bridgehead atoms. The van der Waals surface area contributed by atoms with Gasteiger partial charge in [0, 0.05) is 5.70 Å². The van der Waals surface area contributed by atoms with Gasteiger partial charge in [-0.05, 0) is 33.8 Å². The van der Waals surface area contributed by atoms with Gasteiger partial charge < -0.3 is 11.1 Å². The van der Waals surface area contributed by atoms with Crippen molar-refractivity contribution in [1.29, 1.82) is 0 Å². The van der Waals surface area contributed by atoms with E-state index in [0.29, 0.717) is 5.70 Å². The second-order valence-electron chi connectivity index (χ2n) is 4.55. The second-order valence-corrected chi connectivity index (χ2v) is 4.55. The van der Waals surface area contributed by atoms with Gasteiger partial charge in [-0.2, -0.15) is 0 Å². The Morgan fingerprint density at radius 3 is 2.21 bits per heavy atom. The van der Waals surface area contributed by atoms with Gasteiger partial charge in [0.2, 0.25) is 0 Å². The van der Waals surface area contributed by atoms with E-state index in [0.717, 1.165) is 5.06 Å². The smallest absolute Gasteiger partial charge is 0.316 e. The van der Waals surface area contributed by atoms with E-state index in [1.54, 1.807) is 33.8 Å². The Bertz CT molecular complexity index is 294. The minimum absolute atomic E-state index is 0.560. The average Bonchev–Trinajstić information content (AvgIpc) is 2.12. The summed E-state index contributed by atoms with van der Waals surface area (Å²) in [5.41, 5.74) is 4.23. The van der Waals surface area contributed by atoms with E-state index in [9.17, 15) is 10.0 Å². The summed E-state index contributed by atoms with van der Waals surface area (Å²) >= 11 is 0. The van der Waals surface area contributed by atoms with Crippen LogP contribution in [0.5, 0.6) is 0 Å². The number of nitrogens with two attached hydrogens (primary N) is 1. The molecule has 1 aliphatic rings. The minimum Gasteiger partial charge on any atom is -0.351 e. The standard InChI is InChI=1S/C9H16N3O2/c1-8(2)5-6(11-7(10)13)9(3,4)12(8)14/h5H,1-4H3,(H3,10,11,13). The van der Waals surface area contributed by atoms with Gasteiger partial charge in [0.25, 0.3) is 0 Å². The highest BCUT2D eigenvalue weighted by Gasteiger charge is 2.46. The molecule has 1 rings (SSSR count). The number of rotatable bonds is 1. The van der Waals surface area contributed by atoms with Gasteiger partial charge in [-0.1, -0.05) is 0 Å². The van der Waals surface area contributed by atoms with Crippen molar-refractivity contribution in [2.24, 2.45) is 5.73 Å². The van der Waals surface area contributed by atoms with Crippen molar-refractivity contribution in [2.75, 3.05) is 0 Å². The fourth-order valence-corrected chi connectivity index (χ4v) is 1.74. The van der Waals surface area contributed by atoms with Crippen LogP contribution in [0.25, 0.3) is 0 Å². The first-order valence-electron chi connectivity index (χ1n) is 4.45. The third kappa shape index (κ3) is 1.60. The summed E-state index contributed by atoms with van der Waals surface area (Å²) in [6.45, 7) is 7.07. The Morgan fingerprint density at radius 1 is 1.43 bits per heavy atom. The Hall–Kier alpha value is -1.07. The third-order valence-corrected chi connectivity index (χ3v) is 2.45. The highest BCUT2D eigenvalue weighted by Crippen LogP contribution is 2.36. The number of hydroxylamine groups is 2. The van der Waals surface area contributed by atoms with Crippen LogP contribution in [0.3, 0.4) is 0 Å². The van der Waals surface area contributed by atoms with Crippen molar-refractivity contribution in [1.82, 2.24) is 10.4 Å². The monoisotopic (exact) mass is 198 g/mol. The van der Waals surface area contributed by atoms with Crippen molar-refractivity contribution in [3.05, 3.63) is 11.8 Å². The Labute approximate surface area is 83.5 Å². The lowest BCUT2D eigenvalue weighted by Crippen LogP contribution is -2.49. The second kappa shape index (κ2) is 2.96. The van der Waals surface area contributed by atoms with E-state index in [2.05, 4.69) is 5.32 Å². The molecule has 0 atom stereocenters. The maximum atomic E-state index is 11.8. The Balaban J connectivity index is 3.00. The number of nitrogens with one attached hydrogen (secondary N) is 1. The molecule has 1 aliphatic heterocycles. The van der Waals surface area contributed by atoms with Crippen LogP contribution in [-0.2, 0) is 5.21 Å². The average molecular weight is 198 g/mol. The van der Waals surface area contributed by atoms with Crippen LogP contribution >= 0.6 is 0 Å². The number of hydrogen-bond acceptors (Lipinski definition) is 2. The lowest BCUT2D eigenvalue weighted by atomic mass is 10.0. The molecule has 3 N–H and O–H groups in total. The SMILES string of the molecule is CC1(C)C=C(NC(N)=O)C(C)(C)N1[O]. The summed E-state index contributed by atoms with van der Waals surface area (Å²) in [4.78, 5) is 10.7. The predicted octanol–water partition coefficient (Wildman–Crippen LogP) is 0.757. The molecule has 5 heteroatoms. The molecular weight excluding hydrogens is 182 g/mol. The first-order valence-corrected chi connectivity index (χ1v) is 4.45. The van der Waals surface area contributed by atoms with Crippen molar-refractivity contribution in [2.45, 2.75) is 38.8 Å². The van der Waals surface area contributed by atoms with E-state index in [1.807, 2.05) is 0 Å². The molecule has 14 heavy (non-hydrogen) atoms. The lowest BCUT2D eigenvalue weighted by Gasteiger charge is -2.33. The molecule has 0 saturated heterocycles. The molecule has 2 amide bonds. The van der Waals surface area contributed by atoms with Gasteiger partial charge in [-0.15, -0.1) is 10.3 Å². The summed E-state index contributed by atoms with van der Waals surface area (Å²) < 4.78 is 0. The maximum absolute atomic E-state index is 11.8. The molecule has 0 aliphatic carbocycles. The topological polar surface area (TPSA) is 78.3 Å².